The summed E-state index contributed by atoms with van der Waals surface area (Å²) >= 11 is 0. The van der Waals surface area contributed by atoms with Crippen molar-refractivity contribution >= 4 is 11.0 Å². The van der Waals surface area contributed by atoms with E-state index in [2.05, 4.69) is 0 Å². The standard InChI is InChI=1S/C16H14O2/c1-12-10-18-16-14(12)8-5-9-15(16)17-11-13-6-3-2-4-7-13/h2-10H,11H2,1H3. The minimum atomic E-state index is 0.555. The van der Waals surface area contributed by atoms with Gasteiger partial charge in [-0.1, -0.05) is 42.5 Å². The Balaban J connectivity index is 1.87. The summed E-state index contributed by atoms with van der Waals surface area (Å²) in [6.07, 6.45) is 1.76. The van der Waals surface area contributed by atoms with Crippen LogP contribution >= 0.6 is 0 Å². The third-order valence-corrected chi connectivity index (χ3v) is 2.99. The maximum Gasteiger partial charge on any atom is 0.175 e. The summed E-state index contributed by atoms with van der Waals surface area (Å²) in [6.45, 7) is 2.59. The lowest BCUT2D eigenvalue weighted by Gasteiger charge is -2.06. The number of ether oxygens (including phenoxy) is 1. The van der Waals surface area contributed by atoms with Gasteiger partial charge in [0.15, 0.2) is 11.3 Å². The quantitative estimate of drug-likeness (QED) is 0.678. The molecule has 0 unspecified atom stereocenters. The Morgan fingerprint density at radius 1 is 1.00 bits per heavy atom. The molecule has 0 aliphatic carbocycles. The van der Waals surface area contributed by atoms with E-state index in [0.29, 0.717) is 6.61 Å². The zero-order valence-corrected chi connectivity index (χ0v) is 10.2. The lowest BCUT2D eigenvalue weighted by Crippen LogP contribution is -1.94. The van der Waals surface area contributed by atoms with E-state index in [1.54, 1.807) is 6.26 Å². The number of furan rings is 1. The first-order valence-electron chi connectivity index (χ1n) is 5.98. The molecule has 1 aromatic heterocycles. The van der Waals surface area contributed by atoms with Crippen LogP contribution in [0.4, 0.5) is 0 Å². The van der Waals surface area contributed by atoms with Gasteiger partial charge in [-0.05, 0) is 24.1 Å². The van der Waals surface area contributed by atoms with Gasteiger partial charge in [0.1, 0.15) is 6.61 Å². The highest BCUT2D eigenvalue weighted by Gasteiger charge is 2.07. The van der Waals surface area contributed by atoms with Crippen molar-refractivity contribution in [1.29, 1.82) is 0 Å². The fourth-order valence-corrected chi connectivity index (χ4v) is 2.01. The second-order valence-corrected chi connectivity index (χ2v) is 4.33. The van der Waals surface area contributed by atoms with E-state index in [4.69, 9.17) is 9.15 Å². The Labute approximate surface area is 106 Å². The van der Waals surface area contributed by atoms with E-state index in [1.165, 1.54) is 0 Å². The average molecular weight is 238 g/mol. The van der Waals surface area contributed by atoms with Crippen LogP contribution in [0.2, 0.25) is 0 Å². The van der Waals surface area contributed by atoms with E-state index in [0.717, 1.165) is 27.8 Å². The summed E-state index contributed by atoms with van der Waals surface area (Å²) in [6, 6.07) is 16.1. The SMILES string of the molecule is Cc1coc2c(OCc3ccccc3)cccc12. The van der Waals surface area contributed by atoms with Crippen LogP contribution < -0.4 is 4.74 Å². The highest BCUT2D eigenvalue weighted by atomic mass is 16.5. The molecule has 0 amide bonds. The van der Waals surface area contributed by atoms with Crippen LogP contribution in [0, 0.1) is 6.92 Å². The van der Waals surface area contributed by atoms with Crippen molar-refractivity contribution in [2.24, 2.45) is 0 Å². The maximum atomic E-state index is 5.82. The first-order valence-corrected chi connectivity index (χ1v) is 5.98. The van der Waals surface area contributed by atoms with Crippen LogP contribution in [0.5, 0.6) is 5.75 Å². The molecule has 2 aromatic carbocycles. The minimum Gasteiger partial charge on any atom is -0.485 e. The lowest BCUT2D eigenvalue weighted by atomic mass is 10.2. The van der Waals surface area contributed by atoms with Crippen LogP contribution in [0.1, 0.15) is 11.1 Å². The van der Waals surface area contributed by atoms with Gasteiger partial charge in [-0.2, -0.15) is 0 Å². The number of hydrogen-bond acceptors (Lipinski definition) is 2. The highest BCUT2D eigenvalue weighted by molar-refractivity contribution is 5.85. The van der Waals surface area contributed by atoms with E-state index in [1.807, 2.05) is 55.5 Å². The fraction of sp³-hybridized carbons (Fsp3) is 0.125. The largest absolute Gasteiger partial charge is 0.485 e. The zero-order chi connectivity index (χ0) is 12.4. The molecule has 3 aromatic rings. The van der Waals surface area contributed by atoms with Gasteiger partial charge in [-0.15, -0.1) is 0 Å². The van der Waals surface area contributed by atoms with Gasteiger partial charge in [-0.3, -0.25) is 0 Å². The third-order valence-electron chi connectivity index (χ3n) is 2.99. The molecule has 18 heavy (non-hydrogen) atoms. The summed E-state index contributed by atoms with van der Waals surface area (Å²) < 4.78 is 11.4. The molecular formula is C16H14O2. The molecule has 0 saturated heterocycles. The Morgan fingerprint density at radius 2 is 1.83 bits per heavy atom. The molecule has 90 valence electrons. The van der Waals surface area contributed by atoms with Gasteiger partial charge in [0.2, 0.25) is 0 Å². The molecule has 2 nitrogen and oxygen atoms in total. The average Bonchev–Trinajstić information content (AvgIpc) is 2.80. The fourth-order valence-electron chi connectivity index (χ4n) is 2.01. The Bertz CT molecular complexity index is 653. The second-order valence-electron chi connectivity index (χ2n) is 4.33. The van der Waals surface area contributed by atoms with Crippen molar-refractivity contribution in [3.8, 4) is 5.75 Å². The van der Waals surface area contributed by atoms with Gasteiger partial charge >= 0.3 is 0 Å². The van der Waals surface area contributed by atoms with Crippen molar-refractivity contribution in [2.75, 3.05) is 0 Å². The summed E-state index contributed by atoms with van der Waals surface area (Å²) in [7, 11) is 0. The van der Waals surface area contributed by atoms with Gasteiger partial charge in [0, 0.05) is 5.39 Å². The first kappa shape index (κ1) is 10.9. The van der Waals surface area contributed by atoms with Gasteiger partial charge < -0.3 is 9.15 Å². The number of fused-ring (bicyclic) bond motifs is 1. The molecule has 0 fully saturated rings. The van der Waals surface area contributed by atoms with Crippen LogP contribution in [-0.2, 0) is 6.61 Å². The van der Waals surface area contributed by atoms with E-state index >= 15 is 0 Å². The lowest BCUT2D eigenvalue weighted by molar-refractivity contribution is 0.305. The van der Waals surface area contributed by atoms with E-state index in [-0.39, 0.29) is 0 Å². The minimum absolute atomic E-state index is 0.555. The molecule has 0 aliphatic rings. The van der Waals surface area contributed by atoms with Crippen LogP contribution in [0.25, 0.3) is 11.0 Å². The molecule has 2 heteroatoms. The highest BCUT2D eigenvalue weighted by Crippen LogP contribution is 2.29. The molecule has 0 spiro atoms. The molecule has 0 saturated carbocycles. The molecule has 3 rings (SSSR count). The Kier molecular flexibility index (Phi) is 2.77. The molecule has 1 heterocycles. The smallest absolute Gasteiger partial charge is 0.175 e. The molecule has 0 bridgehead atoms. The number of hydrogen-bond donors (Lipinski definition) is 0. The summed E-state index contributed by atoms with van der Waals surface area (Å²) in [5, 5.41) is 1.11. The van der Waals surface area contributed by atoms with Crippen molar-refractivity contribution in [1.82, 2.24) is 0 Å². The van der Waals surface area contributed by atoms with Crippen molar-refractivity contribution in [2.45, 2.75) is 13.5 Å². The first-order chi connectivity index (χ1) is 8.84. The normalized spacial score (nSPS) is 10.7. The maximum absolute atomic E-state index is 5.82. The third kappa shape index (κ3) is 1.97. The molecule has 0 atom stereocenters. The Hall–Kier alpha value is -2.22. The van der Waals surface area contributed by atoms with Crippen LogP contribution in [-0.4, -0.2) is 0 Å². The zero-order valence-electron chi connectivity index (χ0n) is 10.2. The monoisotopic (exact) mass is 238 g/mol. The second kappa shape index (κ2) is 4.57. The molecular weight excluding hydrogens is 224 g/mol. The van der Waals surface area contributed by atoms with Crippen molar-refractivity contribution < 1.29 is 9.15 Å². The van der Waals surface area contributed by atoms with Gasteiger partial charge in [-0.25, -0.2) is 0 Å². The summed E-state index contributed by atoms with van der Waals surface area (Å²) in [5.41, 5.74) is 3.11. The van der Waals surface area contributed by atoms with Crippen molar-refractivity contribution in [3.05, 3.63) is 65.9 Å². The Morgan fingerprint density at radius 3 is 2.67 bits per heavy atom. The number of benzene rings is 2. The predicted octanol–water partition coefficient (Wildman–Crippen LogP) is 4.32. The van der Waals surface area contributed by atoms with Crippen molar-refractivity contribution in [3.63, 3.8) is 0 Å². The number of aryl methyl sites for hydroxylation is 1. The summed E-state index contributed by atoms with van der Waals surface area (Å²) in [5.74, 6) is 0.796. The number of rotatable bonds is 3. The molecule has 0 radical (unpaired) electrons. The topological polar surface area (TPSA) is 22.4 Å². The van der Waals surface area contributed by atoms with E-state index in [9.17, 15) is 0 Å². The summed E-state index contributed by atoms with van der Waals surface area (Å²) in [4.78, 5) is 0. The van der Waals surface area contributed by atoms with Gasteiger partial charge in [0.25, 0.3) is 0 Å². The molecule has 0 aliphatic heterocycles. The van der Waals surface area contributed by atoms with Gasteiger partial charge in [0.05, 0.1) is 6.26 Å². The predicted molar refractivity (Wildman–Crippen MR) is 71.7 cm³/mol. The van der Waals surface area contributed by atoms with Crippen LogP contribution in [0.3, 0.4) is 0 Å². The van der Waals surface area contributed by atoms with E-state index < -0.39 is 0 Å². The molecule has 0 N–H and O–H groups in total. The van der Waals surface area contributed by atoms with Crippen LogP contribution in [0.15, 0.2) is 59.2 Å². The number of para-hydroxylation sites is 1.